The molecule has 1 aromatic heterocycles. The van der Waals surface area contributed by atoms with E-state index in [1.165, 1.54) is 18.2 Å². The summed E-state index contributed by atoms with van der Waals surface area (Å²) in [4.78, 5) is 23.6. The van der Waals surface area contributed by atoms with Crippen molar-refractivity contribution in [1.29, 1.82) is 0 Å². The fourth-order valence-electron chi connectivity index (χ4n) is 3.09. The van der Waals surface area contributed by atoms with Crippen LogP contribution in [0.15, 0.2) is 42.5 Å². The van der Waals surface area contributed by atoms with Crippen molar-refractivity contribution in [2.45, 2.75) is 25.4 Å². The maximum Gasteiger partial charge on any atom is 0.270 e. The number of hydrogen-bond donors (Lipinski definition) is 2. The van der Waals surface area contributed by atoms with E-state index in [4.69, 9.17) is 21.7 Å². The summed E-state index contributed by atoms with van der Waals surface area (Å²) >= 11 is 5.25. The van der Waals surface area contributed by atoms with E-state index in [9.17, 15) is 14.9 Å². The van der Waals surface area contributed by atoms with Gasteiger partial charge < -0.3 is 14.8 Å². The highest BCUT2D eigenvalue weighted by Crippen LogP contribution is 2.36. The zero-order valence-corrected chi connectivity index (χ0v) is 17.3. The average molecular weight is 441 g/mol. The number of ether oxygens (including phenoxy) is 2. The third kappa shape index (κ3) is 4.56. The summed E-state index contributed by atoms with van der Waals surface area (Å²) in [5, 5.41) is 20.9. The van der Waals surface area contributed by atoms with Gasteiger partial charge in [-0.2, -0.15) is 5.10 Å². The van der Waals surface area contributed by atoms with E-state index in [1.54, 1.807) is 31.4 Å². The van der Waals surface area contributed by atoms with Crippen molar-refractivity contribution in [3.63, 3.8) is 0 Å². The van der Waals surface area contributed by atoms with E-state index in [1.807, 2.05) is 4.57 Å². The molecule has 0 aliphatic heterocycles. The number of nitrogens with one attached hydrogen (secondary N) is 2. The van der Waals surface area contributed by atoms with Crippen LogP contribution in [0.2, 0.25) is 0 Å². The molecule has 1 aliphatic carbocycles. The van der Waals surface area contributed by atoms with Crippen LogP contribution in [0.3, 0.4) is 0 Å². The zero-order valence-electron chi connectivity index (χ0n) is 16.5. The summed E-state index contributed by atoms with van der Waals surface area (Å²) < 4.78 is 13.3. The van der Waals surface area contributed by atoms with Crippen LogP contribution in [0.4, 0.5) is 5.69 Å². The molecule has 10 nitrogen and oxygen atoms in total. The Morgan fingerprint density at radius 1 is 1.29 bits per heavy atom. The summed E-state index contributed by atoms with van der Waals surface area (Å²) in [6.07, 6.45) is 2.03. The number of nitrogens with zero attached hydrogens (tertiary/aromatic N) is 3. The second kappa shape index (κ2) is 8.56. The molecule has 1 heterocycles. The van der Waals surface area contributed by atoms with E-state index in [2.05, 4.69) is 15.5 Å². The fraction of sp³-hybridized carbons (Fsp3) is 0.250. The molecule has 4 rings (SSSR count). The van der Waals surface area contributed by atoms with E-state index < -0.39 is 10.8 Å². The van der Waals surface area contributed by atoms with Gasteiger partial charge in [0.05, 0.1) is 24.1 Å². The van der Waals surface area contributed by atoms with Gasteiger partial charge in [-0.3, -0.25) is 24.6 Å². The van der Waals surface area contributed by atoms with Crippen LogP contribution in [0.25, 0.3) is 0 Å². The highest BCUT2D eigenvalue weighted by atomic mass is 32.1. The van der Waals surface area contributed by atoms with Crippen LogP contribution in [0, 0.1) is 14.9 Å². The Morgan fingerprint density at radius 3 is 2.65 bits per heavy atom. The van der Waals surface area contributed by atoms with Gasteiger partial charge in [0.15, 0.2) is 10.6 Å². The SMILES string of the molecule is COc1ccc(Oc2ccc([N+](=O)[O-])cc2C(=O)NCc2n[nH]c(=S)n2C2CC2)cc1. The van der Waals surface area contributed by atoms with Gasteiger partial charge in [-0.25, -0.2) is 0 Å². The van der Waals surface area contributed by atoms with Crippen LogP contribution in [-0.4, -0.2) is 32.7 Å². The van der Waals surface area contributed by atoms with Crippen molar-refractivity contribution >= 4 is 23.8 Å². The first-order valence-electron chi connectivity index (χ1n) is 9.50. The quantitative estimate of drug-likeness (QED) is 0.308. The number of nitro benzene ring substituents is 1. The number of methoxy groups -OCH3 is 1. The molecule has 11 heteroatoms. The van der Waals surface area contributed by atoms with Gasteiger partial charge in [-0.1, -0.05) is 0 Å². The minimum Gasteiger partial charge on any atom is -0.497 e. The topological polar surface area (TPSA) is 124 Å². The standard InChI is InChI=1S/C20H19N5O5S/c1-29-14-5-7-15(8-6-14)30-17-9-4-13(25(27)28)10-16(17)19(26)21-11-18-22-23-20(31)24(18)12-2-3-12/h4-10,12H,2-3,11H2,1H3,(H,21,26)(H,23,31). The lowest BCUT2D eigenvalue weighted by atomic mass is 10.1. The van der Waals surface area contributed by atoms with Crippen molar-refractivity contribution in [3.05, 3.63) is 68.7 Å². The Labute approximate surface area is 182 Å². The molecule has 2 N–H and O–H groups in total. The maximum absolute atomic E-state index is 12.9. The van der Waals surface area contributed by atoms with E-state index in [0.717, 1.165) is 12.8 Å². The number of nitro groups is 1. The molecule has 0 atom stereocenters. The molecular formula is C20H19N5O5S. The minimum absolute atomic E-state index is 0.0390. The van der Waals surface area contributed by atoms with Crippen LogP contribution < -0.4 is 14.8 Å². The fourth-order valence-corrected chi connectivity index (χ4v) is 3.39. The van der Waals surface area contributed by atoms with Crippen molar-refractivity contribution in [3.8, 4) is 17.2 Å². The second-order valence-corrected chi connectivity index (χ2v) is 7.33. The molecule has 0 saturated heterocycles. The summed E-state index contributed by atoms with van der Waals surface area (Å²) in [5.74, 6) is 1.37. The Bertz CT molecular complexity index is 1180. The van der Waals surface area contributed by atoms with E-state index in [0.29, 0.717) is 28.1 Å². The molecule has 0 bridgehead atoms. The maximum atomic E-state index is 12.9. The van der Waals surface area contributed by atoms with Crippen LogP contribution >= 0.6 is 12.2 Å². The molecule has 2 aromatic carbocycles. The summed E-state index contributed by atoms with van der Waals surface area (Å²) in [6.45, 7) is 0.118. The Morgan fingerprint density at radius 2 is 2.00 bits per heavy atom. The summed E-state index contributed by atoms with van der Waals surface area (Å²) in [6, 6.07) is 10.9. The number of aromatic amines is 1. The Balaban J connectivity index is 1.57. The molecular weight excluding hydrogens is 422 g/mol. The number of carbonyl (C=O) groups excluding carboxylic acids is 1. The molecule has 31 heavy (non-hydrogen) atoms. The van der Waals surface area contributed by atoms with Crippen molar-refractivity contribution in [2.24, 2.45) is 0 Å². The smallest absolute Gasteiger partial charge is 0.270 e. The molecule has 1 fully saturated rings. The molecule has 1 amide bonds. The van der Waals surface area contributed by atoms with Gasteiger partial charge in [-0.15, -0.1) is 0 Å². The Hall–Kier alpha value is -3.73. The first-order valence-corrected chi connectivity index (χ1v) is 9.91. The van der Waals surface area contributed by atoms with Gasteiger partial charge in [0.1, 0.15) is 17.2 Å². The average Bonchev–Trinajstić information content (AvgIpc) is 3.54. The van der Waals surface area contributed by atoms with Gasteiger partial charge in [0.2, 0.25) is 0 Å². The highest BCUT2D eigenvalue weighted by molar-refractivity contribution is 7.71. The predicted octanol–water partition coefficient (Wildman–Crippen LogP) is 3.91. The molecule has 160 valence electrons. The molecule has 1 saturated carbocycles. The number of amides is 1. The predicted molar refractivity (Wildman–Crippen MR) is 113 cm³/mol. The monoisotopic (exact) mass is 441 g/mol. The molecule has 1 aliphatic rings. The van der Waals surface area contributed by atoms with Gasteiger partial charge in [-0.05, 0) is 55.4 Å². The molecule has 0 spiro atoms. The largest absolute Gasteiger partial charge is 0.497 e. The zero-order chi connectivity index (χ0) is 22.0. The van der Waals surface area contributed by atoms with Crippen molar-refractivity contribution in [1.82, 2.24) is 20.1 Å². The lowest BCUT2D eigenvalue weighted by Gasteiger charge is -2.12. The number of aromatic nitrogens is 3. The van der Waals surface area contributed by atoms with E-state index >= 15 is 0 Å². The van der Waals surface area contributed by atoms with Crippen LogP contribution in [0.5, 0.6) is 17.2 Å². The number of non-ortho nitro benzene ring substituents is 1. The number of H-pyrrole nitrogens is 1. The van der Waals surface area contributed by atoms with Crippen molar-refractivity contribution < 1.29 is 19.2 Å². The van der Waals surface area contributed by atoms with Gasteiger partial charge in [0, 0.05) is 18.2 Å². The first kappa shape index (κ1) is 20.5. The molecule has 3 aromatic rings. The normalized spacial score (nSPS) is 12.9. The number of benzene rings is 2. The second-order valence-electron chi connectivity index (χ2n) is 6.94. The van der Waals surface area contributed by atoms with Crippen LogP contribution in [-0.2, 0) is 6.54 Å². The highest BCUT2D eigenvalue weighted by Gasteiger charge is 2.27. The first-order chi connectivity index (χ1) is 15.0. The number of carbonyl (C=O) groups is 1. The van der Waals surface area contributed by atoms with E-state index in [-0.39, 0.29) is 23.5 Å². The van der Waals surface area contributed by atoms with Gasteiger partial charge in [0.25, 0.3) is 11.6 Å². The summed E-state index contributed by atoms with van der Waals surface area (Å²) in [7, 11) is 1.55. The van der Waals surface area contributed by atoms with Crippen LogP contribution in [0.1, 0.15) is 35.1 Å². The van der Waals surface area contributed by atoms with Gasteiger partial charge >= 0.3 is 0 Å². The molecule has 0 radical (unpaired) electrons. The van der Waals surface area contributed by atoms with Crippen molar-refractivity contribution in [2.75, 3.05) is 7.11 Å². The lowest BCUT2D eigenvalue weighted by Crippen LogP contribution is -2.25. The Kier molecular flexibility index (Phi) is 5.67. The minimum atomic E-state index is -0.563. The third-order valence-electron chi connectivity index (χ3n) is 4.80. The number of hydrogen-bond acceptors (Lipinski definition) is 7. The summed E-state index contributed by atoms with van der Waals surface area (Å²) in [5.41, 5.74) is -0.176. The molecule has 0 unspecified atom stereocenters. The number of rotatable bonds is 8. The third-order valence-corrected chi connectivity index (χ3v) is 5.09. The lowest BCUT2D eigenvalue weighted by molar-refractivity contribution is -0.384.